The molecule has 0 radical (unpaired) electrons. The van der Waals surface area contributed by atoms with Crippen molar-refractivity contribution in [2.24, 2.45) is 0 Å². The third-order valence-electron chi connectivity index (χ3n) is 3.51. The summed E-state index contributed by atoms with van der Waals surface area (Å²) in [6.45, 7) is 2.12. The Labute approximate surface area is 129 Å². The highest BCUT2D eigenvalue weighted by Crippen LogP contribution is 2.24. The number of likely N-dealkylation sites (N-methyl/N-ethyl adjacent to an activating group) is 1. The van der Waals surface area contributed by atoms with Crippen molar-refractivity contribution in [3.63, 3.8) is 0 Å². The zero-order chi connectivity index (χ0) is 14.5. The lowest BCUT2D eigenvalue weighted by Crippen LogP contribution is -2.19. The van der Waals surface area contributed by atoms with Crippen molar-refractivity contribution in [2.75, 3.05) is 14.2 Å². The summed E-state index contributed by atoms with van der Waals surface area (Å²) >= 11 is 3.55. The number of methoxy groups -OCH3 is 1. The molecule has 20 heavy (non-hydrogen) atoms. The Morgan fingerprint density at radius 3 is 2.65 bits per heavy atom. The van der Waals surface area contributed by atoms with Gasteiger partial charge in [0, 0.05) is 10.5 Å². The third kappa shape index (κ3) is 3.62. The second-order valence-corrected chi connectivity index (χ2v) is 5.76. The maximum atomic E-state index is 5.28. The van der Waals surface area contributed by atoms with Gasteiger partial charge >= 0.3 is 0 Å². The quantitative estimate of drug-likeness (QED) is 0.882. The van der Waals surface area contributed by atoms with Crippen molar-refractivity contribution in [1.82, 2.24) is 5.32 Å². The SMILES string of the molecule is CNC(Cc1cccc(OC)c1)c1ccc(Br)c(C)c1. The van der Waals surface area contributed by atoms with Gasteiger partial charge in [-0.25, -0.2) is 0 Å². The number of benzene rings is 2. The normalized spacial score (nSPS) is 12.2. The van der Waals surface area contributed by atoms with E-state index in [-0.39, 0.29) is 0 Å². The van der Waals surface area contributed by atoms with E-state index < -0.39 is 0 Å². The van der Waals surface area contributed by atoms with Crippen LogP contribution in [0, 0.1) is 6.92 Å². The van der Waals surface area contributed by atoms with Crippen LogP contribution >= 0.6 is 15.9 Å². The van der Waals surface area contributed by atoms with Gasteiger partial charge in [-0.2, -0.15) is 0 Å². The van der Waals surface area contributed by atoms with Crippen LogP contribution in [0.5, 0.6) is 5.75 Å². The molecule has 0 bridgehead atoms. The van der Waals surface area contributed by atoms with E-state index in [1.54, 1.807) is 7.11 Å². The first-order valence-corrected chi connectivity index (χ1v) is 7.49. The van der Waals surface area contributed by atoms with Gasteiger partial charge < -0.3 is 10.1 Å². The van der Waals surface area contributed by atoms with Crippen molar-refractivity contribution in [3.8, 4) is 5.75 Å². The predicted octanol–water partition coefficient (Wildman–Crippen LogP) is 4.27. The Morgan fingerprint density at radius 1 is 1.20 bits per heavy atom. The number of rotatable bonds is 5. The van der Waals surface area contributed by atoms with Gasteiger partial charge in [-0.15, -0.1) is 0 Å². The fourth-order valence-electron chi connectivity index (χ4n) is 2.31. The molecule has 2 nitrogen and oxygen atoms in total. The summed E-state index contributed by atoms with van der Waals surface area (Å²) in [5.74, 6) is 0.907. The van der Waals surface area contributed by atoms with Gasteiger partial charge in [-0.3, -0.25) is 0 Å². The number of aryl methyl sites for hydroxylation is 1. The van der Waals surface area contributed by atoms with Crippen molar-refractivity contribution >= 4 is 15.9 Å². The molecule has 106 valence electrons. The zero-order valence-electron chi connectivity index (χ0n) is 12.1. The Morgan fingerprint density at radius 2 is 2.00 bits per heavy atom. The molecule has 0 amide bonds. The van der Waals surface area contributed by atoms with Gasteiger partial charge in [0.25, 0.3) is 0 Å². The molecule has 1 unspecified atom stereocenters. The lowest BCUT2D eigenvalue weighted by atomic mass is 9.97. The maximum absolute atomic E-state index is 5.28. The van der Waals surface area contributed by atoms with Gasteiger partial charge in [0.2, 0.25) is 0 Å². The minimum Gasteiger partial charge on any atom is -0.497 e. The molecule has 0 heterocycles. The van der Waals surface area contributed by atoms with E-state index >= 15 is 0 Å². The average molecular weight is 334 g/mol. The van der Waals surface area contributed by atoms with Crippen LogP contribution in [0.1, 0.15) is 22.7 Å². The number of hydrogen-bond acceptors (Lipinski definition) is 2. The second-order valence-electron chi connectivity index (χ2n) is 4.91. The van der Waals surface area contributed by atoms with Crippen molar-refractivity contribution in [3.05, 3.63) is 63.6 Å². The Balaban J connectivity index is 2.21. The van der Waals surface area contributed by atoms with Gasteiger partial charge in [0.05, 0.1) is 7.11 Å². The first kappa shape index (κ1) is 15.1. The van der Waals surface area contributed by atoms with Gasteiger partial charge in [-0.05, 0) is 55.3 Å². The molecule has 2 aromatic carbocycles. The molecule has 0 saturated carbocycles. The van der Waals surface area contributed by atoms with Crippen LogP contribution in [0.3, 0.4) is 0 Å². The molecule has 0 aliphatic carbocycles. The monoisotopic (exact) mass is 333 g/mol. The highest BCUT2D eigenvalue weighted by molar-refractivity contribution is 9.10. The molecular formula is C17H20BrNO. The summed E-state index contributed by atoms with van der Waals surface area (Å²) in [7, 11) is 3.70. The van der Waals surface area contributed by atoms with E-state index in [0.29, 0.717) is 6.04 Å². The average Bonchev–Trinajstić information content (AvgIpc) is 2.48. The van der Waals surface area contributed by atoms with E-state index in [9.17, 15) is 0 Å². The fourth-order valence-corrected chi connectivity index (χ4v) is 2.55. The van der Waals surface area contributed by atoms with E-state index in [1.165, 1.54) is 16.7 Å². The summed E-state index contributed by atoms with van der Waals surface area (Å²) in [5.41, 5.74) is 3.83. The molecular weight excluding hydrogens is 314 g/mol. The molecule has 1 N–H and O–H groups in total. The van der Waals surface area contributed by atoms with Crippen LogP contribution in [0.25, 0.3) is 0 Å². The van der Waals surface area contributed by atoms with E-state index in [2.05, 4.69) is 58.5 Å². The van der Waals surface area contributed by atoms with E-state index in [1.807, 2.05) is 19.2 Å². The summed E-state index contributed by atoms with van der Waals surface area (Å²) in [6, 6.07) is 15.0. The topological polar surface area (TPSA) is 21.3 Å². The smallest absolute Gasteiger partial charge is 0.119 e. The number of nitrogens with one attached hydrogen (secondary N) is 1. The Kier molecular flexibility index (Phi) is 5.21. The van der Waals surface area contributed by atoms with Crippen LogP contribution in [-0.2, 0) is 6.42 Å². The van der Waals surface area contributed by atoms with E-state index in [0.717, 1.165) is 16.6 Å². The minimum absolute atomic E-state index is 0.300. The first-order valence-electron chi connectivity index (χ1n) is 6.70. The highest BCUT2D eigenvalue weighted by Gasteiger charge is 2.11. The molecule has 0 aliphatic rings. The Hall–Kier alpha value is -1.32. The van der Waals surface area contributed by atoms with Crippen molar-refractivity contribution in [1.29, 1.82) is 0 Å². The van der Waals surface area contributed by atoms with Gasteiger partial charge in [-0.1, -0.05) is 40.2 Å². The van der Waals surface area contributed by atoms with Crippen LogP contribution in [0.2, 0.25) is 0 Å². The highest BCUT2D eigenvalue weighted by atomic mass is 79.9. The molecule has 0 aliphatic heterocycles. The lowest BCUT2D eigenvalue weighted by Gasteiger charge is -2.18. The molecule has 2 aromatic rings. The largest absolute Gasteiger partial charge is 0.497 e. The molecule has 0 spiro atoms. The van der Waals surface area contributed by atoms with Crippen LogP contribution in [-0.4, -0.2) is 14.2 Å². The van der Waals surface area contributed by atoms with Crippen LogP contribution in [0.4, 0.5) is 0 Å². The molecule has 3 heteroatoms. The summed E-state index contributed by atoms with van der Waals surface area (Å²) < 4.78 is 6.43. The summed E-state index contributed by atoms with van der Waals surface area (Å²) in [5, 5.41) is 3.39. The van der Waals surface area contributed by atoms with Crippen LogP contribution in [0.15, 0.2) is 46.9 Å². The molecule has 1 atom stereocenters. The van der Waals surface area contributed by atoms with Gasteiger partial charge in [0.1, 0.15) is 5.75 Å². The number of hydrogen-bond donors (Lipinski definition) is 1. The van der Waals surface area contributed by atoms with Gasteiger partial charge in [0.15, 0.2) is 0 Å². The Bertz CT molecular complexity index is 583. The maximum Gasteiger partial charge on any atom is 0.119 e. The van der Waals surface area contributed by atoms with Crippen molar-refractivity contribution < 1.29 is 4.74 Å². The zero-order valence-corrected chi connectivity index (χ0v) is 13.7. The number of ether oxygens (including phenoxy) is 1. The summed E-state index contributed by atoms with van der Waals surface area (Å²) in [6.07, 6.45) is 0.939. The van der Waals surface area contributed by atoms with Crippen molar-refractivity contribution in [2.45, 2.75) is 19.4 Å². The molecule has 2 rings (SSSR count). The number of halogens is 1. The lowest BCUT2D eigenvalue weighted by molar-refractivity contribution is 0.414. The van der Waals surface area contributed by atoms with Crippen LogP contribution < -0.4 is 10.1 Å². The third-order valence-corrected chi connectivity index (χ3v) is 4.40. The molecule has 0 aromatic heterocycles. The minimum atomic E-state index is 0.300. The second kappa shape index (κ2) is 6.91. The molecule has 0 fully saturated rings. The summed E-state index contributed by atoms with van der Waals surface area (Å²) in [4.78, 5) is 0. The standard InChI is InChI=1S/C17H20BrNO/c1-12-9-14(7-8-16(12)18)17(19-2)11-13-5-4-6-15(10-13)20-3/h4-10,17,19H,11H2,1-3H3. The predicted molar refractivity (Wildman–Crippen MR) is 87.4 cm³/mol. The molecule has 0 saturated heterocycles. The van der Waals surface area contributed by atoms with E-state index in [4.69, 9.17) is 4.74 Å². The fraction of sp³-hybridized carbons (Fsp3) is 0.294. The first-order chi connectivity index (χ1) is 9.63.